The Kier molecular flexibility index (Phi) is 5.05. The van der Waals surface area contributed by atoms with E-state index >= 15 is 0 Å². The van der Waals surface area contributed by atoms with Crippen LogP contribution in [-0.2, 0) is 15.8 Å². The van der Waals surface area contributed by atoms with Crippen molar-refractivity contribution in [2.24, 2.45) is 0 Å². The van der Waals surface area contributed by atoms with Crippen molar-refractivity contribution in [2.75, 3.05) is 10.2 Å². The van der Waals surface area contributed by atoms with Crippen LogP contribution in [0.25, 0.3) is 5.69 Å². The molecule has 3 amide bonds. The minimum Gasteiger partial charge on any atom is -0.320 e. The van der Waals surface area contributed by atoms with Crippen LogP contribution in [0.15, 0.2) is 60.9 Å². The zero-order valence-corrected chi connectivity index (χ0v) is 15.9. The lowest BCUT2D eigenvalue weighted by molar-refractivity contribution is -0.137. The Morgan fingerprint density at radius 1 is 1.00 bits per heavy atom. The molecule has 0 saturated carbocycles. The van der Waals surface area contributed by atoms with E-state index in [9.17, 15) is 27.6 Å². The number of carbonyl (C=O) groups excluding carboxylic acids is 3. The molecule has 0 aliphatic carbocycles. The first-order valence-electron chi connectivity index (χ1n) is 9.22. The molecule has 0 spiro atoms. The molecule has 2 heterocycles. The van der Waals surface area contributed by atoms with Gasteiger partial charge in [-0.3, -0.25) is 19.3 Å². The van der Waals surface area contributed by atoms with Crippen LogP contribution in [0.4, 0.5) is 24.5 Å². The lowest BCUT2D eigenvalue weighted by atomic mass is 10.1. The molecule has 0 radical (unpaired) electrons. The Morgan fingerprint density at radius 2 is 1.68 bits per heavy atom. The van der Waals surface area contributed by atoms with Gasteiger partial charge < -0.3 is 5.32 Å². The lowest BCUT2D eigenvalue weighted by Crippen LogP contribution is -2.28. The van der Waals surface area contributed by atoms with Gasteiger partial charge in [0.25, 0.3) is 5.91 Å². The number of aromatic nitrogens is 2. The highest BCUT2D eigenvalue weighted by molar-refractivity contribution is 6.20. The highest BCUT2D eigenvalue weighted by Gasteiger charge is 2.32. The van der Waals surface area contributed by atoms with E-state index < -0.39 is 17.6 Å². The number of anilines is 2. The van der Waals surface area contributed by atoms with E-state index in [0.717, 1.165) is 17.0 Å². The van der Waals surface area contributed by atoms with Gasteiger partial charge in [0.05, 0.1) is 22.6 Å². The first-order valence-corrected chi connectivity index (χ1v) is 9.22. The summed E-state index contributed by atoms with van der Waals surface area (Å²) < 4.78 is 40.8. The summed E-state index contributed by atoms with van der Waals surface area (Å²) >= 11 is 0. The normalized spacial score (nSPS) is 14.2. The summed E-state index contributed by atoms with van der Waals surface area (Å²) in [5.41, 5.74) is -0.249. The fourth-order valence-electron chi connectivity index (χ4n) is 3.24. The van der Waals surface area contributed by atoms with E-state index in [0.29, 0.717) is 5.69 Å². The molecule has 2 aromatic carbocycles. The molecule has 0 atom stereocenters. The van der Waals surface area contributed by atoms with Gasteiger partial charge in [0.2, 0.25) is 11.8 Å². The van der Waals surface area contributed by atoms with Crippen molar-refractivity contribution >= 4 is 29.1 Å². The molecule has 1 N–H and O–H groups in total. The number of rotatable bonds is 4. The maximum Gasteiger partial charge on any atom is 0.416 e. The Hall–Kier alpha value is -3.95. The van der Waals surface area contributed by atoms with Crippen molar-refractivity contribution in [1.82, 2.24) is 9.78 Å². The molecule has 0 unspecified atom stereocenters. The van der Waals surface area contributed by atoms with Crippen LogP contribution in [0.1, 0.15) is 28.8 Å². The van der Waals surface area contributed by atoms with Gasteiger partial charge in [0, 0.05) is 30.8 Å². The summed E-state index contributed by atoms with van der Waals surface area (Å²) in [6, 6.07) is 10.2. The predicted molar refractivity (Wildman–Crippen MR) is 105 cm³/mol. The summed E-state index contributed by atoms with van der Waals surface area (Å²) in [5.74, 6) is -1.30. The fraction of sp³-hybridized carbons (Fsp3) is 0.143. The monoisotopic (exact) mass is 428 g/mol. The zero-order valence-electron chi connectivity index (χ0n) is 15.9. The molecule has 1 fully saturated rings. The maximum atomic E-state index is 13.2. The van der Waals surface area contributed by atoms with Gasteiger partial charge in [-0.25, -0.2) is 4.68 Å². The Bertz CT molecular complexity index is 1140. The highest BCUT2D eigenvalue weighted by atomic mass is 19.4. The quantitative estimate of drug-likeness (QED) is 0.641. The second-order valence-electron chi connectivity index (χ2n) is 6.80. The molecule has 4 rings (SSSR count). The van der Waals surface area contributed by atoms with Crippen molar-refractivity contribution in [3.05, 3.63) is 72.1 Å². The second kappa shape index (κ2) is 7.71. The van der Waals surface area contributed by atoms with Gasteiger partial charge >= 0.3 is 6.18 Å². The largest absolute Gasteiger partial charge is 0.416 e. The number of alkyl halides is 3. The van der Waals surface area contributed by atoms with Gasteiger partial charge in [-0.2, -0.15) is 18.3 Å². The van der Waals surface area contributed by atoms with Crippen LogP contribution in [-0.4, -0.2) is 27.5 Å². The molecule has 31 heavy (non-hydrogen) atoms. The molecular formula is C21H15F3N4O3. The Balaban J connectivity index is 1.62. The summed E-state index contributed by atoms with van der Waals surface area (Å²) in [5, 5.41) is 6.49. The first kappa shape index (κ1) is 20.3. The molecule has 1 aliphatic rings. The molecule has 7 nitrogen and oxygen atoms in total. The molecule has 10 heteroatoms. The Morgan fingerprint density at radius 3 is 2.26 bits per heavy atom. The number of benzene rings is 2. The SMILES string of the molecule is O=C(Nc1cc(C(F)(F)F)ccc1-n1cccn1)c1ccc(N2C(=O)CCC2=O)cc1. The Labute approximate surface area is 174 Å². The van der Waals surface area contributed by atoms with Crippen LogP contribution in [0.2, 0.25) is 0 Å². The number of imide groups is 1. The summed E-state index contributed by atoms with van der Waals surface area (Å²) in [6.45, 7) is 0. The second-order valence-corrected chi connectivity index (χ2v) is 6.80. The smallest absolute Gasteiger partial charge is 0.320 e. The van der Waals surface area contributed by atoms with E-state index in [2.05, 4.69) is 10.4 Å². The van der Waals surface area contributed by atoms with Crippen LogP contribution < -0.4 is 10.2 Å². The van der Waals surface area contributed by atoms with E-state index in [4.69, 9.17) is 0 Å². The molecule has 0 bridgehead atoms. The predicted octanol–water partition coefficient (Wildman–Crippen LogP) is 3.80. The van der Waals surface area contributed by atoms with Gasteiger partial charge in [-0.05, 0) is 48.5 Å². The first-order chi connectivity index (χ1) is 14.7. The number of carbonyl (C=O) groups is 3. The van der Waals surface area contributed by atoms with Crippen molar-refractivity contribution in [3.63, 3.8) is 0 Å². The highest BCUT2D eigenvalue weighted by Crippen LogP contribution is 2.33. The summed E-state index contributed by atoms with van der Waals surface area (Å²) in [4.78, 5) is 37.4. The number of amides is 3. The number of nitrogens with zero attached hydrogens (tertiary/aromatic N) is 3. The molecule has 158 valence electrons. The topological polar surface area (TPSA) is 84.3 Å². The van der Waals surface area contributed by atoms with Crippen molar-refractivity contribution in [1.29, 1.82) is 0 Å². The van der Waals surface area contributed by atoms with E-state index in [1.807, 2.05) is 0 Å². The van der Waals surface area contributed by atoms with Crippen molar-refractivity contribution < 1.29 is 27.6 Å². The average Bonchev–Trinajstić information content (AvgIpc) is 3.37. The van der Waals surface area contributed by atoms with E-state index in [1.165, 1.54) is 47.4 Å². The minimum absolute atomic E-state index is 0.0718. The van der Waals surface area contributed by atoms with Crippen LogP contribution in [0.5, 0.6) is 0 Å². The third kappa shape index (κ3) is 4.04. The van der Waals surface area contributed by atoms with Gasteiger partial charge in [-0.15, -0.1) is 0 Å². The average molecular weight is 428 g/mol. The fourth-order valence-corrected chi connectivity index (χ4v) is 3.24. The number of hydrogen-bond acceptors (Lipinski definition) is 4. The van der Waals surface area contributed by atoms with Gasteiger partial charge in [-0.1, -0.05) is 0 Å². The third-order valence-electron chi connectivity index (χ3n) is 4.76. The van der Waals surface area contributed by atoms with Gasteiger partial charge in [0.15, 0.2) is 0 Å². The maximum absolute atomic E-state index is 13.2. The summed E-state index contributed by atoms with van der Waals surface area (Å²) in [6.07, 6.45) is -1.32. The molecular weight excluding hydrogens is 413 g/mol. The molecule has 3 aromatic rings. The lowest BCUT2D eigenvalue weighted by Gasteiger charge is -2.16. The molecule has 1 aromatic heterocycles. The number of halogens is 3. The van der Waals surface area contributed by atoms with E-state index in [1.54, 1.807) is 6.07 Å². The zero-order chi connectivity index (χ0) is 22.2. The van der Waals surface area contributed by atoms with Crippen LogP contribution in [0, 0.1) is 0 Å². The van der Waals surface area contributed by atoms with Gasteiger partial charge in [0.1, 0.15) is 0 Å². The third-order valence-corrected chi connectivity index (χ3v) is 4.76. The minimum atomic E-state index is -4.58. The number of nitrogens with one attached hydrogen (secondary N) is 1. The van der Waals surface area contributed by atoms with Crippen LogP contribution >= 0.6 is 0 Å². The van der Waals surface area contributed by atoms with Crippen LogP contribution in [0.3, 0.4) is 0 Å². The van der Waals surface area contributed by atoms with Crippen molar-refractivity contribution in [2.45, 2.75) is 19.0 Å². The number of hydrogen-bond donors (Lipinski definition) is 1. The van der Waals surface area contributed by atoms with E-state index in [-0.39, 0.29) is 41.6 Å². The van der Waals surface area contributed by atoms with Crippen molar-refractivity contribution in [3.8, 4) is 5.69 Å². The molecule has 1 aliphatic heterocycles. The molecule has 1 saturated heterocycles. The summed E-state index contributed by atoms with van der Waals surface area (Å²) in [7, 11) is 0. The standard InChI is InChI=1S/C21H15F3N4O3/c22-21(23,24)14-4-7-17(27-11-1-10-25-27)16(12-14)26-20(31)13-2-5-15(6-3-13)28-18(29)8-9-19(28)30/h1-7,10-12H,8-9H2,(H,26,31).